The molecule has 0 saturated carbocycles. The fourth-order valence-corrected chi connectivity index (χ4v) is 2.22. The van der Waals surface area contributed by atoms with Gasteiger partial charge in [0.25, 0.3) is 0 Å². The molecule has 110 valence electrons. The summed E-state index contributed by atoms with van der Waals surface area (Å²) in [6.45, 7) is 3.91. The highest BCUT2D eigenvalue weighted by molar-refractivity contribution is 7.80. The largest absolute Gasteiger partial charge is 0.416 e. The van der Waals surface area contributed by atoms with Gasteiger partial charge in [-0.25, -0.2) is 0 Å². The first-order chi connectivity index (χ1) is 9.47. The molecule has 20 heavy (non-hydrogen) atoms. The van der Waals surface area contributed by atoms with Gasteiger partial charge in [-0.05, 0) is 29.9 Å². The molecule has 1 saturated heterocycles. The highest BCUT2D eigenvalue weighted by Crippen LogP contribution is 2.28. The maximum Gasteiger partial charge on any atom is 0.416 e. The minimum Gasteiger partial charge on any atom is -0.358 e. The lowest BCUT2D eigenvalue weighted by atomic mass is 10.1. The molecule has 0 aliphatic carbocycles. The Bertz CT molecular complexity index is 453. The lowest BCUT2D eigenvalue weighted by molar-refractivity contribution is -0.137. The molecule has 1 aromatic rings. The van der Waals surface area contributed by atoms with Gasteiger partial charge in [-0.1, -0.05) is 12.1 Å². The van der Waals surface area contributed by atoms with Crippen LogP contribution in [0.3, 0.4) is 0 Å². The third-order valence-electron chi connectivity index (χ3n) is 3.13. The summed E-state index contributed by atoms with van der Waals surface area (Å²) in [5.74, 6) is 0. The average molecular weight is 303 g/mol. The average Bonchev–Trinajstić information content (AvgIpc) is 2.45. The van der Waals surface area contributed by atoms with E-state index in [2.05, 4.69) is 15.5 Å². The van der Waals surface area contributed by atoms with Crippen molar-refractivity contribution < 1.29 is 13.2 Å². The van der Waals surface area contributed by atoms with Crippen molar-refractivity contribution in [3.8, 4) is 0 Å². The van der Waals surface area contributed by atoms with Crippen LogP contribution >= 0.6 is 12.2 Å². The summed E-state index contributed by atoms with van der Waals surface area (Å²) >= 11 is 5.27. The van der Waals surface area contributed by atoms with Gasteiger partial charge in [0, 0.05) is 32.7 Å². The molecule has 1 aliphatic heterocycles. The Balaban J connectivity index is 1.86. The van der Waals surface area contributed by atoms with E-state index in [1.54, 1.807) is 0 Å². The van der Waals surface area contributed by atoms with E-state index in [0.717, 1.165) is 43.9 Å². The summed E-state index contributed by atoms with van der Waals surface area (Å²) in [6.07, 6.45) is -4.29. The van der Waals surface area contributed by atoms with E-state index in [4.69, 9.17) is 12.2 Å². The monoisotopic (exact) mass is 303 g/mol. The van der Waals surface area contributed by atoms with Gasteiger partial charge in [0.1, 0.15) is 0 Å². The van der Waals surface area contributed by atoms with E-state index < -0.39 is 11.7 Å². The first kappa shape index (κ1) is 15.1. The second-order valence-electron chi connectivity index (χ2n) is 4.59. The number of halogens is 3. The molecule has 2 rings (SSSR count). The third kappa shape index (κ3) is 4.08. The van der Waals surface area contributed by atoms with Crippen LogP contribution in [0.1, 0.15) is 11.1 Å². The van der Waals surface area contributed by atoms with Crippen molar-refractivity contribution in [1.29, 1.82) is 0 Å². The fraction of sp³-hybridized carbons (Fsp3) is 0.462. The zero-order valence-electron chi connectivity index (χ0n) is 10.8. The van der Waals surface area contributed by atoms with E-state index in [1.165, 1.54) is 12.1 Å². The number of piperazine rings is 1. The standard InChI is InChI=1S/C13H16F3N3S/c14-13(15,16)11-3-1-10(2-4-11)9-18-12(20)19-7-5-17-6-8-19/h1-4,17H,5-9H2,(H,18,20). The number of hydrogen-bond donors (Lipinski definition) is 2. The maximum absolute atomic E-state index is 12.4. The number of thiocarbonyl (C=S) groups is 1. The SMILES string of the molecule is FC(F)(F)c1ccc(CNC(=S)N2CCNCC2)cc1. The second-order valence-corrected chi connectivity index (χ2v) is 4.98. The van der Waals surface area contributed by atoms with Crippen LogP contribution in [0.4, 0.5) is 13.2 Å². The molecular weight excluding hydrogens is 287 g/mol. The summed E-state index contributed by atoms with van der Waals surface area (Å²) in [4.78, 5) is 2.05. The van der Waals surface area contributed by atoms with E-state index in [1.807, 2.05) is 0 Å². The molecule has 7 heteroatoms. The molecule has 1 heterocycles. The van der Waals surface area contributed by atoms with Gasteiger partial charge in [-0.15, -0.1) is 0 Å². The van der Waals surface area contributed by atoms with Crippen molar-refractivity contribution in [3.63, 3.8) is 0 Å². The Hall–Kier alpha value is -1.34. The van der Waals surface area contributed by atoms with Crippen LogP contribution in [0.25, 0.3) is 0 Å². The third-order valence-corrected chi connectivity index (χ3v) is 3.53. The molecule has 0 bridgehead atoms. The normalized spacial score (nSPS) is 16.1. The van der Waals surface area contributed by atoms with Crippen molar-refractivity contribution in [2.24, 2.45) is 0 Å². The number of hydrogen-bond acceptors (Lipinski definition) is 2. The minimum absolute atomic E-state index is 0.431. The van der Waals surface area contributed by atoms with Gasteiger partial charge in [0.05, 0.1) is 5.56 Å². The van der Waals surface area contributed by atoms with Crippen molar-refractivity contribution in [3.05, 3.63) is 35.4 Å². The summed E-state index contributed by atoms with van der Waals surface area (Å²) in [7, 11) is 0. The lowest BCUT2D eigenvalue weighted by Crippen LogP contribution is -2.49. The quantitative estimate of drug-likeness (QED) is 0.817. The predicted molar refractivity (Wildman–Crippen MR) is 75.3 cm³/mol. The summed E-state index contributed by atoms with van der Waals surface area (Å²) in [5.41, 5.74) is 0.140. The lowest BCUT2D eigenvalue weighted by Gasteiger charge is -2.30. The van der Waals surface area contributed by atoms with Gasteiger partial charge < -0.3 is 15.5 Å². The fourth-order valence-electron chi connectivity index (χ4n) is 1.97. The molecule has 1 aromatic carbocycles. The zero-order chi connectivity index (χ0) is 14.6. The van der Waals surface area contributed by atoms with Crippen molar-refractivity contribution in [1.82, 2.24) is 15.5 Å². The highest BCUT2D eigenvalue weighted by atomic mass is 32.1. The summed E-state index contributed by atoms with van der Waals surface area (Å²) in [5, 5.41) is 6.95. The number of nitrogens with one attached hydrogen (secondary N) is 2. The molecule has 0 atom stereocenters. The van der Waals surface area contributed by atoms with E-state index >= 15 is 0 Å². The topological polar surface area (TPSA) is 27.3 Å². The van der Waals surface area contributed by atoms with Gasteiger partial charge in [-0.3, -0.25) is 0 Å². The Kier molecular flexibility index (Phi) is 4.82. The van der Waals surface area contributed by atoms with Crippen LogP contribution in [0.15, 0.2) is 24.3 Å². The van der Waals surface area contributed by atoms with Gasteiger partial charge >= 0.3 is 6.18 Å². The summed E-state index contributed by atoms with van der Waals surface area (Å²) < 4.78 is 37.3. The number of benzene rings is 1. The minimum atomic E-state index is -4.29. The van der Waals surface area contributed by atoms with Crippen LogP contribution in [-0.4, -0.2) is 36.2 Å². The van der Waals surface area contributed by atoms with Crippen LogP contribution < -0.4 is 10.6 Å². The van der Waals surface area contributed by atoms with E-state index in [9.17, 15) is 13.2 Å². The smallest absolute Gasteiger partial charge is 0.358 e. The highest BCUT2D eigenvalue weighted by Gasteiger charge is 2.29. The molecule has 2 N–H and O–H groups in total. The van der Waals surface area contributed by atoms with Crippen LogP contribution in [0.5, 0.6) is 0 Å². The zero-order valence-corrected chi connectivity index (χ0v) is 11.7. The molecule has 0 aromatic heterocycles. The second kappa shape index (κ2) is 6.41. The number of rotatable bonds is 2. The maximum atomic E-state index is 12.4. The Morgan fingerprint density at radius 3 is 2.35 bits per heavy atom. The van der Waals surface area contributed by atoms with Crippen LogP contribution in [-0.2, 0) is 12.7 Å². The first-order valence-electron chi connectivity index (χ1n) is 6.36. The predicted octanol–water partition coefficient (Wildman–Crippen LogP) is 1.99. The van der Waals surface area contributed by atoms with Gasteiger partial charge in [-0.2, -0.15) is 13.2 Å². The first-order valence-corrected chi connectivity index (χ1v) is 6.77. The molecule has 1 aliphatic rings. The molecule has 0 amide bonds. The Morgan fingerprint density at radius 1 is 1.20 bits per heavy atom. The Labute approximate surface area is 121 Å². The van der Waals surface area contributed by atoms with Crippen LogP contribution in [0.2, 0.25) is 0 Å². The van der Waals surface area contributed by atoms with Crippen molar-refractivity contribution >= 4 is 17.3 Å². The molecule has 0 unspecified atom stereocenters. The number of nitrogens with zero attached hydrogens (tertiary/aromatic N) is 1. The summed E-state index contributed by atoms with van der Waals surface area (Å²) in [6, 6.07) is 5.11. The molecule has 3 nitrogen and oxygen atoms in total. The van der Waals surface area contributed by atoms with E-state index in [0.29, 0.717) is 11.7 Å². The molecule has 0 radical (unpaired) electrons. The van der Waals surface area contributed by atoms with Crippen LogP contribution in [0, 0.1) is 0 Å². The van der Waals surface area contributed by atoms with Gasteiger partial charge in [0.2, 0.25) is 0 Å². The van der Waals surface area contributed by atoms with Crippen molar-refractivity contribution in [2.45, 2.75) is 12.7 Å². The van der Waals surface area contributed by atoms with E-state index in [-0.39, 0.29) is 0 Å². The molecule has 1 fully saturated rings. The molecular formula is C13H16F3N3S. The molecule has 0 spiro atoms. The van der Waals surface area contributed by atoms with Crippen molar-refractivity contribution in [2.75, 3.05) is 26.2 Å². The Morgan fingerprint density at radius 2 is 1.80 bits per heavy atom. The van der Waals surface area contributed by atoms with Gasteiger partial charge in [0.15, 0.2) is 5.11 Å². The number of alkyl halides is 3.